The Bertz CT molecular complexity index is 1080. The normalized spacial score (nSPS) is 16.0. The van der Waals surface area contributed by atoms with Crippen molar-refractivity contribution in [3.05, 3.63) is 72.3 Å². The second-order valence-corrected chi connectivity index (χ2v) is 7.73. The van der Waals surface area contributed by atoms with Crippen LogP contribution in [0.2, 0.25) is 0 Å². The first kappa shape index (κ1) is 21.5. The molecule has 2 aromatic carbocycles. The molecule has 1 atom stereocenters. The molecule has 1 fully saturated rings. The van der Waals surface area contributed by atoms with E-state index < -0.39 is 5.82 Å². The molecule has 1 aliphatic heterocycles. The number of carbonyl (C=O) groups is 1. The Hall–Kier alpha value is -3.68. The third-order valence-electron chi connectivity index (χ3n) is 5.31. The van der Waals surface area contributed by atoms with Crippen LogP contribution >= 0.6 is 0 Å². The van der Waals surface area contributed by atoms with Gasteiger partial charge in [-0.3, -0.25) is 4.79 Å². The van der Waals surface area contributed by atoms with E-state index in [0.29, 0.717) is 31.2 Å². The second-order valence-electron chi connectivity index (χ2n) is 7.73. The number of para-hydroxylation sites is 1. The van der Waals surface area contributed by atoms with Crippen LogP contribution in [0.1, 0.15) is 12.5 Å². The average molecular weight is 436 g/mol. The Morgan fingerprint density at radius 3 is 2.72 bits per heavy atom. The molecule has 0 aliphatic carbocycles. The number of ether oxygens (including phenoxy) is 2. The maximum absolute atomic E-state index is 14.0. The van der Waals surface area contributed by atoms with Crippen LogP contribution < -0.4 is 14.4 Å². The summed E-state index contributed by atoms with van der Waals surface area (Å²) in [7, 11) is 0. The van der Waals surface area contributed by atoms with Crippen molar-refractivity contribution in [3.8, 4) is 17.4 Å². The highest BCUT2D eigenvalue weighted by molar-refractivity contribution is 5.78. The summed E-state index contributed by atoms with van der Waals surface area (Å²) < 4.78 is 25.3. The fraction of sp³-hybridized carbons (Fsp3) is 0.292. The topological polar surface area (TPSA) is 67.8 Å². The van der Waals surface area contributed by atoms with E-state index >= 15 is 0 Å². The highest BCUT2D eigenvalue weighted by atomic mass is 19.1. The molecule has 7 nitrogen and oxygen atoms in total. The lowest BCUT2D eigenvalue weighted by atomic mass is 10.2. The number of hydrogen-bond acceptors (Lipinski definition) is 6. The van der Waals surface area contributed by atoms with Gasteiger partial charge in [-0.25, -0.2) is 14.4 Å². The van der Waals surface area contributed by atoms with Gasteiger partial charge in [-0.1, -0.05) is 24.3 Å². The van der Waals surface area contributed by atoms with Crippen molar-refractivity contribution in [2.75, 3.05) is 31.1 Å². The number of aromatic nitrogens is 2. The summed E-state index contributed by atoms with van der Waals surface area (Å²) in [6.07, 6.45) is 1.40. The van der Waals surface area contributed by atoms with Gasteiger partial charge in [0.25, 0.3) is 5.91 Å². The number of hydrogen-bond donors (Lipinski definition) is 0. The first-order valence-corrected chi connectivity index (χ1v) is 10.5. The van der Waals surface area contributed by atoms with Gasteiger partial charge in [0.2, 0.25) is 5.88 Å². The number of anilines is 1. The fourth-order valence-corrected chi connectivity index (χ4v) is 3.64. The Labute approximate surface area is 186 Å². The number of piperazine rings is 1. The average Bonchev–Trinajstić information content (AvgIpc) is 2.81. The zero-order valence-corrected chi connectivity index (χ0v) is 18.1. The van der Waals surface area contributed by atoms with E-state index in [4.69, 9.17) is 9.47 Å². The van der Waals surface area contributed by atoms with Crippen LogP contribution in [0, 0.1) is 12.7 Å². The molecule has 1 saturated heterocycles. The van der Waals surface area contributed by atoms with Crippen molar-refractivity contribution in [3.63, 3.8) is 0 Å². The van der Waals surface area contributed by atoms with Crippen molar-refractivity contribution in [1.82, 2.24) is 14.9 Å². The van der Waals surface area contributed by atoms with Crippen molar-refractivity contribution < 1.29 is 18.7 Å². The van der Waals surface area contributed by atoms with Gasteiger partial charge in [0.05, 0.1) is 0 Å². The molecule has 32 heavy (non-hydrogen) atoms. The molecule has 8 heteroatoms. The quantitative estimate of drug-likeness (QED) is 0.585. The lowest BCUT2D eigenvalue weighted by Crippen LogP contribution is -2.55. The number of nitrogens with zero attached hydrogens (tertiary/aromatic N) is 4. The van der Waals surface area contributed by atoms with Crippen molar-refractivity contribution in [2.45, 2.75) is 19.9 Å². The molecule has 0 saturated carbocycles. The van der Waals surface area contributed by atoms with E-state index in [1.807, 2.05) is 49.1 Å². The highest BCUT2D eigenvalue weighted by Gasteiger charge is 2.28. The van der Waals surface area contributed by atoms with E-state index in [-0.39, 0.29) is 30.2 Å². The van der Waals surface area contributed by atoms with Gasteiger partial charge in [0.1, 0.15) is 17.9 Å². The molecule has 1 unspecified atom stereocenters. The van der Waals surface area contributed by atoms with Crippen LogP contribution in [-0.2, 0) is 4.79 Å². The minimum absolute atomic E-state index is 0.00189. The van der Waals surface area contributed by atoms with E-state index in [0.717, 1.165) is 5.56 Å². The third kappa shape index (κ3) is 5.14. The lowest BCUT2D eigenvalue weighted by molar-refractivity contribution is -0.135. The second kappa shape index (κ2) is 9.64. The Morgan fingerprint density at radius 2 is 1.94 bits per heavy atom. The molecule has 0 radical (unpaired) electrons. The molecule has 3 aromatic rings. The number of aryl methyl sites for hydroxylation is 1. The first-order valence-electron chi connectivity index (χ1n) is 10.5. The lowest BCUT2D eigenvalue weighted by Gasteiger charge is -2.40. The predicted molar refractivity (Wildman–Crippen MR) is 119 cm³/mol. The van der Waals surface area contributed by atoms with Crippen LogP contribution in [0.4, 0.5) is 10.2 Å². The van der Waals surface area contributed by atoms with Crippen LogP contribution in [-0.4, -0.2) is 53.1 Å². The monoisotopic (exact) mass is 436 g/mol. The summed E-state index contributed by atoms with van der Waals surface area (Å²) in [5.41, 5.74) is 0.890. The van der Waals surface area contributed by atoms with Gasteiger partial charge in [-0.15, -0.1) is 0 Å². The number of carbonyl (C=O) groups excluding carboxylic acids is 1. The van der Waals surface area contributed by atoms with Crippen LogP contribution in [0.3, 0.4) is 0 Å². The van der Waals surface area contributed by atoms with Crippen molar-refractivity contribution in [2.24, 2.45) is 0 Å². The Morgan fingerprint density at radius 1 is 1.12 bits per heavy atom. The first-order chi connectivity index (χ1) is 15.5. The number of amides is 1. The SMILES string of the molecule is Cc1ccc(F)c(Oc2cc(N3CCN(C(=O)COc4ccccc4)C(C)C3)ncn2)c1. The smallest absolute Gasteiger partial charge is 0.260 e. The van der Waals surface area contributed by atoms with E-state index in [9.17, 15) is 9.18 Å². The maximum Gasteiger partial charge on any atom is 0.260 e. The number of rotatable bonds is 6. The zero-order chi connectivity index (χ0) is 22.5. The molecule has 1 aromatic heterocycles. The maximum atomic E-state index is 14.0. The van der Waals surface area contributed by atoms with Crippen molar-refractivity contribution >= 4 is 11.7 Å². The molecule has 166 valence electrons. The molecular formula is C24H25FN4O3. The fourth-order valence-electron chi connectivity index (χ4n) is 3.64. The summed E-state index contributed by atoms with van der Waals surface area (Å²) in [4.78, 5) is 25.0. The number of halogens is 1. The largest absolute Gasteiger partial charge is 0.484 e. The molecular weight excluding hydrogens is 411 g/mol. The molecule has 0 bridgehead atoms. The van der Waals surface area contributed by atoms with Gasteiger partial charge >= 0.3 is 0 Å². The van der Waals surface area contributed by atoms with Crippen LogP contribution in [0.5, 0.6) is 17.4 Å². The van der Waals surface area contributed by atoms with Gasteiger partial charge in [-0.2, -0.15) is 0 Å². The van der Waals surface area contributed by atoms with Gasteiger partial charge in [-0.05, 0) is 43.7 Å². The summed E-state index contributed by atoms with van der Waals surface area (Å²) >= 11 is 0. The molecule has 2 heterocycles. The highest BCUT2D eigenvalue weighted by Crippen LogP contribution is 2.26. The third-order valence-corrected chi connectivity index (χ3v) is 5.31. The molecule has 4 rings (SSSR count). The summed E-state index contributed by atoms with van der Waals surface area (Å²) in [6.45, 7) is 5.62. The van der Waals surface area contributed by atoms with E-state index in [2.05, 4.69) is 14.9 Å². The van der Waals surface area contributed by atoms with Crippen LogP contribution in [0.25, 0.3) is 0 Å². The summed E-state index contributed by atoms with van der Waals surface area (Å²) in [5, 5.41) is 0. The van der Waals surface area contributed by atoms with Crippen molar-refractivity contribution in [1.29, 1.82) is 0 Å². The van der Waals surface area contributed by atoms with Gasteiger partial charge < -0.3 is 19.3 Å². The van der Waals surface area contributed by atoms with Gasteiger partial charge in [0.15, 0.2) is 18.2 Å². The molecule has 0 N–H and O–H groups in total. The zero-order valence-electron chi connectivity index (χ0n) is 18.1. The predicted octanol–water partition coefficient (Wildman–Crippen LogP) is 3.83. The molecule has 1 amide bonds. The number of benzene rings is 2. The van der Waals surface area contributed by atoms with E-state index in [1.54, 1.807) is 18.2 Å². The Balaban J connectivity index is 1.37. The minimum atomic E-state index is -0.450. The summed E-state index contributed by atoms with van der Waals surface area (Å²) in [5.74, 6) is 1.23. The standard InChI is InChI=1S/C24H25FN4O3/c1-17-8-9-20(25)21(12-17)32-23-13-22(26-16-27-23)28-10-11-29(18(2)14-28)24(30)15-31-19-6-4-3-5-7-19/h3-9,12-13,16,18H,10-11,14-15H2,1-2H3. The van der Waals surface area contributed by atoms with Crippen LogP contribution in [0.15, 0.2) is 60.9 Å². The molecule has 0 spiro atoms. The minimum Gasteiger partial charge on any atom is -0.484 e. The Kier molecular flexibility index (Phi) is 6.49. The summed E-state index contributed by atoms with van der Waals surface area (Å²) in [6, 6.07) is 15.6. The van der Waals surface area contributed by atoms with Gasteiger partial charge in [0, 0.05) is 31.7 Å². The van der Waals surface area contributed by atoms with E-state index in [1.165, 1.54) is 12.4 Å². The molecule has 1 aliphatic rings.